The molecule has 0 fully saturated rings. The van der Waals surface area contributed by atoms with E-state index in [1.165, 1.54) is 12.1 Å². The Kier molecular flexibility index (Phi) is 3.28. The van der Waals surface area contributed by atoms with Crippen molar-refractivity contribution in [3.63, 3.8) is 0 Å². The maximum Gasteiger partial charge on any atom is 0.125 e. The molecular formula is C15H11BrFN3. The number of rotatable bonds is 2. The van der Waals surface area contributed by atoms with Gasteiger partial charge in [-0.15, -0.1) is 0 Å². The van der Waals surface area contributed by atoms with Gasteiger partial charge in [-0.25, -0.2) is 4.39 Å². The molecule has 1 aromatic heterocycles. The molecule has 3 rings (SSSR count). The van der Waals surface area contributed by atoms with Crippen molar-refractivity contribution in [2.75, 3.05) is 11.1 Å². The maximum atomic E-state index is 13.3. The van der Waals surface area contributed by atoms with Gasteiger partial charge < -0.3 is 11.1 Å². The summed E-state index contributed by atoms with van der Waals surface area (Å²) in [5.74, 6) is -0.298. The smallest absolute Gasteiger partial charge is 0.125 e. The van der Waals surface area contributed by atoms with Gasteiger partial charge in [-0.1, -0.05) is 22.0 Å². The van der Waals surface area contributed by atoms with Crippen LogP contribution in [0.25, 0.3) is 10.9 Å². The zero-order valence-corrected chi connectivity index (χ0v) is 12.0. The molecule has 0 unspecified atom stereocenters. The van der Waals surface area contributed by atoms with Crippen LogP contribution < -0.4 is 11.1 Å². The van der Waals surface area contributed by atoms with Crippen molar-refractivity contribution in [3.8, 4) is 0 Å². The third-order valence-electron chi connectivity index (χ3n) is 2.95. The van der Waals surface area contributed by atoms with Crippen molar-refractivity contribution >= 4 is 43.9 Å². The summed E-state index contributed by atoms with van der Waals surface area (Å²) in [6, 6.07) is 12.0. The molecule has 3 aromatic rings. The second-order valence-corrected chi connectivity index (χ2v) is 5.30. The molecule has 0 spiro atoms. The first-order chi connectivity index (χ1) is 9.63. The third kappa shape index (κ3) is 2.44. The average Bonchev–Trinajstić information content (AvgIpc) is 2.42. The van der Waals surface area contributed by atoms with Crippen LogP contribution in [0.15, 0.2) is 53.1 Å². The van der Waals surface area contributed by atoms with Gasteiger partial charge in [0.25, 0.3) is 0 Å². The van der Waals surface area contributed by atoms with E-state index in [2.05, 4.69) is 26.2 Å². The van der Waals surface area contributed by atoms with Crippen molar-refractivity contribution in [1.29, 1.82) is 0 Å². The molecule has 3 N–H and O–H groups in total. The van der Waals surface area contributed by atoms with Gasteiger partial charge in [0.1, 0.15) is 5.82 Å². The van der Waals surface area contributed by atoms with E-state index < -0.39 is 0 Å². The Balaban J connectivity index is 2.14. The van der Waals surface area contributed by atoms with Crippen LogP contribution in [-0.2, 0) is 0 Å². The Morgan fingerprint density at radius 1 is 1.15 bits per heavy atom. The lowest BCUT2D eigenvalue weighted by atomic mass is 10.1. The highest BCUT2D eigenvalue weighted by molar-refractivity contribution is 9.10. The molecule has 20 heavy (non-hydrogen) atoms. The predicted octanol–water partition coefficient (Wildman–Crippen LogP) is 4.46. The highest BCUT2D eigenvalue weighted by atomic mass is 79.9. The zero-order valence-electron chi connectivity index (χ0n) is 10.4. The first kappa shape index (κ1) is 12.9. The first-order valence-corrected chi connectivity index (χ1v) is 6.79. The number of halogens is 2. The van der Waals surface area contributed by atoms with Crippen molar-refractivity contribution < 1.29 is 4.39 Å². The first-order valence-electron chi connectivity index (χ1n) is 6.00. The van der Waals surface area contributed by atoms with Crippen LogP contribution in [0.1, 0.15) is 0 Å². The molecule has 0 saturated heterocycles. The van der Waals surface area contributed by atoms with E-state index >= 15 is 0 Å². The number of nitrogen functional groups attached to an aromatic ring is 1. The van der Waals surface area contributed by atoms with Crippen molar-refractivity contribution in [2.24, 2.45) is 0 Å². The minimum atomic E-state index is -0.298. The quantitative estimate of drug-likeness (QED) is 0.728. The fourth-order valence-corrected chi connectivity index (χ4v) is 2.39. The molecule has 100 valence electrons. The second-order valence-electron chi connectivity index (χ2n) is 4.39. The number of hydrogen-bond acceptors (Lipinski definition) is 3. The number of hydrogen-bond donors (Lipinski definition) is 2. The Morgan fingerprint density at radius 3 is 2.80 bits per heavy atom. The third-order valence-corrected chi connectivity index (χ3v) is 3.45. The number of nitrogens with zero attached hydrogens (tertiary/aromatic N) is 1. The van der Waals surface area contributed by atoms with E-state index in [9.17, 15) is 4.39 Å². The number of benzene rings is 2. The molecule has 0 bridgehead atoms. The van der Waals surface area contributed by atoms with Crippen molar-refractivity contribution in [2.45, 2.75) is 0 Å². The number of pyridine rings is 1. The number of nitrogens with two attached hydrogens (primary N) is 1. The van der Waals surface area contributed by atoms with Gasteiger partial charge in [0.2, 0.25) is 0 Å². The molecule has 0 radical (unpaired) electrons. The van der Waals surface area contributed by atoms with Crippen LogP contribution >= 0.6 is 15.9 Å². The fourth-order valence-electron chi connectivity index (χ4n) is 2.03. The van der Waals surface area contributed by atoms with E-state index in [0.717, 1.165) is 21.1 Å². The maximum absolute atomic E-state index is 13.3. The Morgan fingerprint density at radius 2 is 2.00 bits per heavy atom. The normalized spacial score (nSPS) is 10.7. The molecule has 1 heterocycles. The molecule has 5 heteroatoms. The lowest BCUT2D eigenvalue weighted by Crippen LogP contribution is -1.99. The number of fused-ring (bicyclic) bond motifs is 1. The Bertz CT molecular complexity index is 784. The highest BCUT2D eigenvalue weighted by Crippen LogP contribution is 2.32. The van der Waals surface area contributed by atoms with Crippen LogP contribution in [0.5, 0.6) is 0 Å². The molecule has 0 aliphatic rings. The predicted molar refractivity (Wildman–Crippen MR) is 83.5 cm³/mol. The summed E-state index contributed by atoms with van der Waals surface area (Å²) in [5, 5.41) is 4.04. The molecule has 0 aliphatic heterocycles. The largest absolute Gasteiger partial charge is 0.396 e. The van der Waals surface area contributed by atoms with Crippen LogP contribution in [0, 0.1) is 5.82 Å². The van der Waals surface area contributed by atoms with Crippen LogP contribution in [-0.4, -0.2) is 4.98 Å². The summed E-state index contributed by atoms with van der Waals surface area (Å²) in [6.07, 6.45) is 1.60. The zero-order chi connectivity index (χ0) is 14.1. The topological polar surface area (TPSA) is 50.9 Å². The monoisotopic (exact) mass is 331 g/mol. The molecule has 2 aromatic carbocycles. The van der Waals surface area contributed by atoms with Crippen LogP contribution in [0.4, 0.5) is 21.5 Å². The lowest BCUT2D eigenvalue weighted by Gasteiger charge is -2.12. The van der Waals surface area contributed by atoms with Gasteiger partial charge in [-0.2, -0.15) is 0 Å². The van der Waals surface area contributed by atoms with Gasteiger partial charge in [0.15, 0.2) is 0 Å². The number of nitrogens with one attached hydrogen (secondary N) is 1. The van der Waals surface area contributed by atoms with E-state index in [1.807, 2.05) is 18.2 Å². The van der Waals surface area contributed by atoms with E-state index in [4.69, 9.17) is 5.73 Å². The fraction of sp³-hybridized carbons (Fsp3) is 0. The molecule has 0 atom stereocenters. The molecule has 3 nitrogen and oxygen atoms in total. The second kappa shape index (κ2) is 5.09. The summed E-state index contributed by atoms with van der Waals surface area (Å²) < 4.78 is 14.2. The minimum absolute atomic E-state index is 0.298. The van der Waals surface area contributed by atoms with Crippen LogP contribution in [0.3, 0.4) is 0 Å². The van der Waals surface area contributed by atoms with Gasteiger partial charge in [-0.3, -0.25) is 4.98 Å². The molecule has 0 amide bonds. The summed E-state index contributed by atoms with van der Waals surface area (Å²) in [5.41, 5.74) is 8.69. The Hall–Kier alpha value is -2.14. The summed E-state index contributed by atoms with van der Waals surface area (Å²) in [4.78, 5) is 4.28. The standard InChI is InChI=1S/C15H11BrFN3/c16-9-4-5-14-12(6-9)15(13(18)8-19-14)20-11-3-1-2-10(17)7-11/h1-8H,18H2,(H,19,20). The van der Waals surface area contributed by atoms with E-state index in [0.29, 0.717) is 11.4 Å². The van der Waals surface area contributed by atoms with Gasteiger partial charge >= 0.3 is 0 Å². The van der Waals surface area contributed by atoms with Gasteiger partial charge in [0.05, 0.1) is 23.1 Å². The molecule has 0 saturated carbocycles. The minimum Gasteiger partial charge on any atom is -0.396 e. The van der Waals surface area contributed by atoms with Gasteiger partial charge in [0, 0.05) is 15.5 Å². The van der Waals surface area contributed by atoms with E-state index in [1.54, 1.807) is 18.3 Å². The highest BCUT2D eigenvalue weighted by Gasteiger charge is 2.08. The summed E-state index contributed by atoms with van der Waals surface area (Å²) >= 11 is 3.43. The van der Waals surface area contributed by atoms with Crippen LogP contribution in [0.2, 0.25) is 0 Å². The summed E-state index contributed by atoms with van der Waals surface area (Å²) in [7, 11) is 0. The lowest BCUT2D eigenvalue weighted by molar-refractivity contribution is 0.628. The Labute approximate surface area is 123 Å². The molecular weight excluding hydrogens is 321 g/mol. The molecule has 0 aliphatic carbocycles. The van der Waals surface area contributed by atoms with E-state index in [-0.39, 0.29) is 5.82 Å². The van der Waals surface area contributed by atoms with Crippen molar-refractivity contribution in [1.82, 2.24) is 4.98 Å². The average molecular weight is 332 g/mol. The van der Waals surface area contributed by atoms with Gasteiger partial charge in [-0.05, 0) is 36.4 Å². The van der Waals surface area contributed by atoms with Crippen molar-refractivity contribution in [3.05, 3.63) is 59.0 Å². The summed E-state index contributed by atoms with van der Waals surface area (Å²) in [6.45, 7) is 0. The SMILES string of the molecule is Nc1cnc2ccc(Br)cc2c1Nc1cccc(F)c1. The number of anilines is 3. The number of aromatic nitrogens is 1.